The number of esters is 1. The molecule has 0 bridgehead atoms. The summed E-state index contributed by atoms with van der Waals surface area (Å²) in [6.45, 7) is 6.54. The van der Waals surface area contributed by atoms with Gasteiger partial charge in [0.15, 0.2) is 0 Å². The molecule has 3 atom stereocenters. The third-order valence-corrected chi connectivity index (χ3v) is 12.8. The number of sulfone groups is 1. The van der Waals surface area contributed by atoms with Crippen molar-refractivity contribution in [3.8, 4) is 0 Å². The Morgan fingerprint density at radius 1 is 0.932 bits per heavy atom. The smallest absolute Gasteiger partial charge is 0.302 e. The van der Waals surface area contributed by atoms with E-state index in [1.807, 2.05) is 24.3 Å². The van der Waals surface area contributed by atoms with Crippen LogP contribution in [0.5, 0.6) is 0 Å². The van der Waals surface area contributed by atoms with E-state index in [1.54, 1.807) is 42.5 Å². The summed E-state index contributed by atoms with van der Waals surface area (Å²) in [7, 11) is -3.51. The van der Waals surface area contributed by atoms with Crippen LogP contribution in [0, 0.1) is 23.1 Å². The van der Waals surface area contributed by atoms with Gasteiger partial charge in [-0.3, -0.25) is 4.79 Å². The van der Waals surface area contributed by atoms with Gasteiger partial charge in [-0.05, 0) is 112 Å². The molecule has 2 aliphatic carbocycles. The van der Waals surface area contributed by atoms with Gasteiger partial charge < -0.3 is 14.5 Å². The van der Waals surface area contributed by atoms with Crippen molar-refractivity contribution in [3.05, 3.63) is 90.2 Å². The zero-order chi connectivity index (χ0) is 30.5. The highest BCUT2D eigenvalue weighted by molar-refractivity contribution is 7.91. The molecule has 4 fully saturated rings. The maximum Gasteiger partial charge on any atom is 0.302 e. The van der Waals surface area contributed by atoms with E-state index < -0.39 is 9.84 Å². The van der Waals surface area contributed by atoms with Crippen LogP contribution < -0.4 is 4.90 Å². The van der Waals surface area contributed by atoms with Crippen molar-refractivity contribution in [3.63, 3.8) is 0 Å². The molecule has 4 aliphatic rings. The Labute approximate surface area is 260 Å². The Morgan fingerprint density at radius 3 is 2.32 bits per heavy atom. The van der Waals surface area contributed by atoms with Crippen LogP contribution in [-0.4, -0.2) is 58.1 Å². The number of anilines is 1. The quantitative estimate of drug-likeness (QED) is 0.279. The number of likely N-dealkylation sites (tertiary alicyclic amines) is 1. The van der Waals surface area contributed by atoms with Crippen molar-refractivity contribution < 1.29 is 22.3 Å². The maximum absolute atomic E-state index is 14.5. The van der Waals surface area contributed by atoms with E-state index in [0.29, 0.717) is 21.6 Å². The minimum atomic E-state index is -3.51. The molecule has 6 nitrogen and oxygen atoms in total. The summed E-state index contributed by atoms with van der Waals surface area (Å²) in [5.74, 6) is 0.617. The number of piperidine rings is 1. The van der Waals surface area contributed by atoms with Crippen molar-refractivity contribution in [2.75, 3.05) is 37.6 Å². The van der Waals surface area contributed by atoms with E-state index in [2.05, 4.69) is 15.9 Å². The van der Waals surface area contributed by atoms with Crippen LogP contribution in [0.25, 0.3) is 0 Å². The van der Waals surface area contributed by atoms with Gasteiger partial charge in [-0.2, -0.15) is 0 Å². The van der Waals surface area contributed by atoms with Crippen LogP contribution >= 0.6 is 0 Å². The molecule has 2 saturated heterocycles. The number of carbonyl (C=O) groups is 1. The number of halogens is 1. The van der Waals surface area contributed by atoms with E-state index in [-0.39, 0.29) is 28.7 Å². The second-order valence-corrected chi connectivity index (χ2v) is 15.4. The second kappa shape index (κ2) is 11.3. The van der Waals surface area contributed by atoms with Crippen LogP contribution in [-0.2, 0) is 24.8 Å². The number of hydrogen-bond acceptors (Lipinski definition) is 6. The summed E-state index contributed by atoms with van der Waals surface area (Å²) in [5.41, 5.74) is 1.96. The lowest BCUT2D eigenvalue weighted by Gasteiger charge is -2.45. The average molecular weight is 617 g/mol. The molecule has 0 N–H and O–H groups in total. The zero-order valence-electron chi connectivity index (χ0n) is 25.3. The van der Waals surface area contributed by atoms with Gasteiger partial charge in [0.2, 0.25) is 9.84 Å². The van der Waals surface area contributed by atoms with Crippen LogP contribution in [0.3, 0.4) is 0 Å². The van der Waals surface area contributed by atoms with Gasteiger partial charge in [-0.15, -0.1) is 0 Å². The van der Waals surface area contributed by atoms with Crippen LogP contribution in [0.4, 0.5) is 10.1 Å². The summed E-state index contributed by atoms with van der Waals surface area (Å²) in [6.07, 6.45) is 6.04. The molecule has 2 heterocycles. The van der Waals surface area contributed by atoms with E-state index in [9.17, 15) is 17.6 Å². The Balaban J connectivity index is 0.964. The lowest BCUT2D eigenvalue weighted by molar-refractivity contribution is -0.149. The molecule has 7 rings (SSSR count). The molecule has 3 aromatic carbocycles. The molecule has 44 heavy (non-hydrogen) atoms. The summed E-state index contributed by atoms with van der Waals surface area (Å²) >= 11 is 0. The highest BCUT2D eigenvalue weighted by atomic mass is 32.2. The van der Waals surface area contributed by atoms with Crippen molar-refractivity contribution in [1.82, 2.24) is 4.90 Å². The SMILES string of the molecule is CC(=O)O[C@H]1CCCC12CC2(c1cccc(F)c1)C1CCN(CC2CN(c3ccc(S(=O)(=O)c4ccccc4)cc3)C2)CC1. The van der Waals surface area contributed by atoms with Crippen molar-refractivity contribution in [2.45, 2.75) is 66.8 Å². The molecule has 0 radical (unpaired) electrons. The van der Waals surface area contributed by atoms with Gasteiger partial charge in [0.1, 0.15) is 11.9 Å². The van der Waals surface area contributed by atoms with Crippen molar-refractivity contribution in [1.29, 1.82) is 0 Å². The summed E-state index contributed by atoms with van der Waals surface area (Å²) in [4.78, 5) is 17.5. The van der Waals surface area contributed by atoms with Gasteiger partial charge >= 0.3 is 5.97 Å². The number of nitrogens with zero attached hydrogens (tertiary/aromatic N) is 2. The monoisotopic (exact) mass is 616 g/mol. The van der Waals surface area contributed by atoms with Crippen LogP contribution in [0.1, 0.15) is 51.0 Å². The zero-order valence-corrected chi connectivity index (χ0v) is 26.1. The number of hydrogen-bond donors (Lipinski definition) is 0. The lowest BCUT2D eigenvalue weighted by atomic mass is 9.70. The lowest BCUT2D eigenvalue weighted by Crippen LogP contribution is -2.53. The highest BCUT2D eigenvalue weighted by Crippen LogP contribution is 2.76. The summed E-state index contributed by atoms with van der Waals surface area (Å²) in [5, 5.41) is 0. The predicted octanol–water partition coefficient (Wildman–Crippen LogP) is 6.25. The van der Waals surface area contributed by atoms with Crippen molar-refractivity contribution >= 4 is 21.5 Å². The first kappa shape index (κ1) is 29.5. The van der Waals surface area contributed by atoms with E-state index in [1.165, 1.54) is 13.0 Å². The Bertz CT molecular complexity index is 1620. The number of carbonyl (C=O) groups excluding carboxylic acids is 1. The molecule has 2 saturated carbocycles. The number of ether oxygens (including phenoxy) is 1. The molecule has 3 aromatic rings. The first-order chi connectivity index (χ1) is 21.2. The first-order valence-electron chi connectivity index (χ1n) is 16.0. The van der Waals surface area contributed by atoms with E-state index >= 15 is 0 Å². The third-order valence-electron chi connectivity index (χ3n) is 11.0. The second-order valence-electron chi connectivity index (χ2n) is 13.5. The molecular weight excluding hydrogens is 575 g/mol. The molecule has 232 valence electrons. The molecule has 8 heteroatoms. The Kier molecular flexibility index (Phi) is 7.56. The number of rotatable bonds is 8. The summed E-state index contributed by atoms with van der Waals surface area (Å²) < 4.78 is 46.3. The predicted molar refractivity (Wildman–Crippen MR) is 168 cm³/mol. The van der Waals surface area contributed by atoms with Gasteiger partial charge in [0, 0.05) is 49.0 Å². The third kappa shape index (κ3) is 5.04. The van der Waals surface area contributed by atoms with Gasteiger partial charge in [-0.25, -0.2) is 12.8 Å². The first-order valence-corrected chi connectivity index (χ1v) is 17.5. The minimum Gasteiger partial charge on any atom is -0.462 e. The fourth-order valence-electron chi connectivity index (χ4n) is 8.96. The van der Waals surface area contributed by atoms with Crippen LogP contribution in [0.2, 0.25) is 0 Å². The molecular formula is C36H41FN2O4S. The average Bonchev–Trinajstić information content (AvgIpc) is 3.54. The summed E-state index contributed by atoms with van der Waals surface area (Å²) in [6, 6.07) is 23.0. The van der Waals surface area contributed by atoms with Crippen molar-refractivity contribution in [2.24, 2.45) is 17.3 Å². The normalized spacial score (nSPS) is 27.8. The Morgan fingerprint density at radius 2 is 1.64 bits per heavy atom. The fourth-order valence-corrected chi connectivity index (χ4v) is 10.2. The Hall–Kier alpha value is -3.23. The molecule has 2 aliphatic heterocycles. The molecule has 0 aromatic heterocycles. The fraction of sp³-hybridized carbons (Fsp3) is 0.472. The van der Waals surface area contributed by atoms with E-state index in [4.69, 9.17) is 4.74 Å². The van der Waals surface area contributed by atoms with Gasteiger partial charge in [-0.1, -0.05) is 30.3 Å². The van der Waals surface area contributed by atoms with Gasteiger partial charge in [0.05, 0.1) is 9.79 Å². The molecule has 2 unspecified atom stereocenters. The van der Waals surface area contributed by atoms with Crippen LogP contribution in [0.15, 0.2) is 88.7 Å². The topological polar surface area (TPSA) is 66.9 Å². The largest absolute Gasteiger partial charge is 0.462 e. The maximum atomic E-state index is 14.5. The van der Waals surface area contributed by atoms with E-state index in [0.717, 1.165) is 82.5 Å². The van der Waals surface area contributed by atoms with Gasteiger partial charge in [0.25, 0.3) is 0 Å². The standard InChI is InChI=1S/C36H41FN2O4S/c1-26(40)43-34-11-6-18-35(34)25-36(35,29-7-5-8-30(37)21-29)28-16-19-38(20-17-28)22-27-23-39(24-27)31-12-14-33(15-13-31)44(41,42)32-9-3-2-4-10-32/h2-5,7-10,12-15,21,27-28,34H,6,11,16-20,22-25H2,1H3/t34-,35?,36?/m0/s1. The highest BCUT2D eigenvalue weighted by Gasteiger charge is 2.75. The number of benzene rings is 3. The molecule has 0 amide bonds. The minimum absolute atomic E-state index is 0.0657. The molecule has 1 spiro atoms.